The van der Waals surface area contributed by atoms with Gasteiger partial charge in [0.15, 0.2) is 0 Å². The fraction of sp³-hybridized carbons (Fsp3) is 0.286. The van der Waals surface area contributed by atoms with E-state index >= 15 is 0 Å². The van der Waals surface area contributed by atoms with Crippen LogP contribution in [-0.2, 0) is 21.6 Å². The van der Waals surface area contributed by atoms with E-state index in [9.17, 15) is 14.9 Å². The predicted octanol–water partition coefficient (Wildman–Crippen LogP) is 4.13. The second kappa shape index (κ2) is 7.17. The van der Waals surface area contributed by atoms with Crippen LogP contribution in [0.15, 0.2) is 48.5 Å². The number of rotatable bonds is 3. The molecule has 0 aliphatic carbocycles. The Morgan fingerprint density at radius 1 is 1.25 bits per heavy atom. The van der Waals surface area contributed by atoms with Crippen molar-refractivity contribution in [1.29, 1.82) is 5.26 Å². The third kappa shape index (κ3) is 3.67. The molecule has 0 bridgehead atoms. The minimum atomic E-state index is -1.91. The summed E-state index contributed by atoms with van der Waals surface area (Å²) >= 11 is 6.12. The predicted molar refractivity (Wildman–Crippen MR) is 106 cm³/mol. The van der Waals surface area contributed by atoms with Crippen LogP contribution in [0.25, 0.3) is 0 Å². The van der Waals surface area contributed by atoms with Crippen molar-refractivity contribution in [3.05, 3.63) is 64.7 Å². The Balaban J connectivity index is 2.03. The molecule has 2 aromatic carbocycles. The van der Waals surface area contributed by atoms with Crippen LogP contribution in [0.1, 0.15) is 31.9 Å². The number of benzene rings is 2. The van der Waals surface area contributed by atoms with E-state index in [0.29, 0.717) is 16.3 Å². The van der Waals surface area contributed by atoms with Gasteiger partial charge in [0.25, 0.3) is 5.91 Å². The molecule has 0 saturated carbocycles. The smallest absolute Gasteiger partial charge is 0.409 e. The molecule has 144 valence electrons. The van der Waals surface area contributed by atoms with E-state index in [1.54, 1.807) is 32.9 Å². The molecule has 1 aliphatic rings. The van der Waals surface area contributed by atoms with Gasteiger partial charge in [-0.1, -0.05) is 41.9 Å². The summed E-state index contributed by atoms with van der Waals surface area (Å²) in [5.41, 5.74) is -0.937. The summed E-state index contributed by atoms with van der Waals surface area (Å²) in [7, 11) is 0. The van der Waals surface area contributed by atoms with Crippen molar-refractivity contribution in [2.45, 2.75) is 38.5 Å². The SMILES string of the molecule is CC(C)(C)OC(=O)N[C@]1(C#N)C(=O)N(Cc2ccccc2)c2ccc(Cl)cc21. The number of amides is 2. The van der Waals surface area contributed by atoms with E-state index in [0.717, 1.165) is 5.56 Å². The number of alkyl carbamates (subject to hydrolysis) is 1. The first-order valence-electron chi connectivity index (χ1n) is 8.74. The highest BCUT2D eigenvalue weighted by Gasteiger charge is 2.53. The van der Waals surface area contributed by atoms with Crippen LogP contribution in [0.3, 0.4) is 0 Å². The number of nitriles is 1. The zero-order valence-electron chi connectivity index (χ0n) is 15.8. The van der Waals surface area contributed by atoms with E-state index < -0.39 is 23.1 Å². The maximum Gasteiger partial charge on any atom is 0.409 e. The Morgan fingerprint density at radius 3 is 2.54 bits per heavy atom. The number of halogens is 1. The van der Waals surface area contributed by atoms with Crippen LogP contribution < -0.4 is 10.2 Å². The second-order valence-electron chi connectivity index (χ2n) is 7.53. The lowest BCUT2D eigenvalue weighted by atomic mass is 9.93. The number of carbonyl (C=O) groups excluding carboxylic acids is 2. The molecule has 3 rings (SSSR count). The molecule has 1 atom stereocenters. The van der Waals surface area contributed by atoms with Crippen molar-refractivity contribution >= 4 is 29.3 Å². The van der Waals surface area contributed by atoms with Crippen molar-refractivity contribution in [3.8, 4) is 6.07 Å². The van der Waals surface area contributed by atoms with Crippen molar-refractivity contribution in [2.24, 2.45) is 0 Å². The molecule has 0 radical (unpaired) electrons. The molecule has 1 heterocycles. The van der Waals surface area contributed by atoms with Gasteiger partial charge in [-0.3, -0.25) is 10.1 Å². The van der Waals surface area contributed by atoms with E-state index in [-0.39, 0.29) is 6.54 Å². The zero-order valence-corrected chi connectivity index (χ0v) is 16.6. The average molecular weight is 398 g/mol. The molecule has 2 aromatic rings. The molecule has 6 nitrogen and oxygen atoms in total. The first-order valence-corrected chi connectivity index (χ1v) is 9.12. The molecule has 0 saturated heterocycles. The van der Waals surface area contributed by atoms with E-state index in [1.807, 2.05) is 36.4 Å². The summed E-state index contributed by atoms with van der Waals surface area (Å²) in [6.45, 7) is 5.37. The van der Waals surface area contributed by atoms with Crippen LogP contribution >= 0.6 is 11.6 Å². The van der Waals surface area contributed by atoms with Gasteiger partial charge in [0, 0.05) is 10.6 Å². The van der Waals surface area contributed by atoms with Crippen molar-refractivity contribution < 1.29 is 14.3 Å². The van der Waals surface area contributed by atoms with Crippen LogP contribution in [0.4, 0.5) is 10.5 Å². The third-order valence-electron chi connectivity index (χ3n) is 4.26. The van der Waals surface area contributed by atoms with Crippen molar-refractivity contribution in [2.75, 3.05) is 4.90 Å². The highest BCUT2D eigenvalue weighted by atomic mass is 35.5. The van der Waals surface area contributed by atoms with Gasteiger partial charge >= 0.3 is 6.09 Å². The van der Waals surface area contributed by atoms with Crippen LogP contribution in [0.2, 0.25) is 5.02 Å². The maximum atomic E-state index is 13.3. The fourth-order valence-electron chi connectivity index (χ4n) is 3.11. The molecule has 0 fully saturated rings. The number of hydrogen-bond donors (Lipinski definition) is 1. The fourth-order valence-corrected chi connectivity index (χ4v) is 3.28. The highest BCUT2D eigenvalue weighted by Crippen LogP contribution is 2.42. The quantitative estimate of drug-likeness (QED) is 0.844. The van der Waals surface area contributed by atoms with Gasteiger partial charge in [-0.05, 0) is 44.5 Å². The Labute approximate surface area is 168 Å². The van der Waals surface area contributed by atoms with Gasteiger partial charge in [0.2, 0.25) is 5.54 Å². The summed E-state index contributed by atoms with van der Waals surface area (Å²) in [4.78, 5) is 27.2. The lowest BCUT2D eigenvalue weighted by molar-refractivity contribution is -0.122. The van der Waals surface area contributed by atoms with Crippen LogP contribution in [0.5, 0.6) is 0 Å². The number of nitrogens with one attached hydrogen (secondary N) is 1. The van der Waals surface area contributed by atoms with Crippen LogP contribution in [0, 0.1) is 11.3 Å². The lowest BCUT2D eigenvalue weighted by Gasteiger charge is -2.26. The van der Waals surface area contributed by atoms with E-state index in [4.69, 9.17) is 16.3 Å². The van der Waals surface area contributed by atoms with Gasteiger partial charge in [0.05, 0.1) is 12.2 Å². The van der Waals surface area contributed by atoms with Crippen molar-refractivity contribution in [1.82, 2.24) is 5.32 Å². The molecule has 1 aliphatic heterocycles. The Bertz CT molecular complexity index is 963. The summed E-state index contributed by atoms with van der Waals surface area (Å²) in [6.07, 6.45) is -0.852. The molecule has 28 heavy (non-hydrogen) atoms. The summed E-state index contributed by atoms with van der Waals surface area (Å²) < 4.78 is 5.27. The molecule has 0 aromatic heterocycles. The van der Waals surface area contributed by atoms with Gasteiger partial charge in [-0.25, -0.2) is 4.79 Å². The summed E-state index contributed by atoms with van der Waals surface area (Å²) in [6, 6.07) is 16.2. The Hall–Kier alpha value is -3.04. The Kier molecular flexibility index (Phi) is 5.05. The molecule has 7 heteroatoms. The standard InChI is InChI=1S/C21H20ClN3O3/c1-20(2,3)28-19(27)24-21(13-23)16-11-15(22)9-10-17(16)25(18(21)26)12-14-7-5-4-6-8-14/h4-11H,12H2,1-3H3,(H,24,27)/t21-/m0/s1. The second-order valence-corrected chi connectivity index (χ2v) is 7.96. The number of anilines is 1. The van der Waals surface area contributed by atoms with Gasteiger partial charge in [-0.15, -0.1) is 0 Å². The van der Waals surface area contributed by atoms with E-state index in [2.05, 4.69) is 5.32 Å². The summed E-state index contributed by atoms with van der Waals surface area (Å²) in [5, 5.41) is 12.8. The summed E-state index contributed by atoms with van der Waals surface area (Å²) in [5.74, 6) is -0.554. The van der Waals surface area contributed by atoms with Crippen molar-refractivity contribution in [3.63, 3.8) is 0 Å². The monoisotopic (exact) mass is 397 g/mol. The van der Waals surface area contributed by atoms with Gasteiger partial charge in [0.1, 0.15) is 11.7 Å². The first kappa shape index (κ1) is 19.7. The molecule has 2 amide bonds. The number of nitrogens with zero attached hydrogens (tertiary/aromatic N) is 2. The minimum Gasteiger partial charge on any atom is -0.444 e. The highest BCUT2D eigenvalue weighted by molar-refractivity contribution is 6.31. The first-order chi connectivity index (χ1) is 13.2. The maximum absolute atomic E-state index is 13.3. The average Bonchev–Trinajstić information content (AvgIpc) is 2.83. The molecular weight excluding hydrogens is 378 g/mol. The number of fused-ring (bicyclic) bond motifs is 1. The normalized spacial score (nSPS) is 18.4. The molecular formula is C21H20ClN3O3. The number of carbonyl (C=O) groups is 2. The number of ether oxygens (including phenoxy) is 1. The molecule has 0 unspecified atom stereocenters. The van der Waals surface area contributed by atoms with Crippen LogP contribution in [-0.4, -0.2) is 17.6 Å². The third-order valence-corrected chi connectivity index (χ3v) is 4.49. The topological polar surface area (TPSA) is 82.4 Å². The molecule has 1 N–H and O–H groups in total. The largest absolute Gasteiger partial charge is 0.444 e. The lowest BCUT2D eigenvalue weighted by Crippen LogP contribution is -2.53. The minimum absolute atomic E-state index is 0.258. The molecule has 0 spiro atoms. The van der Waals surface area contributed by atoms with E-state index in [1.165, 1.54) is 11.0 Å². The van der Waals surface area contributed by atoms with Gasteiger partial charge in [-0.2, -0.15) is 5.26 Å². The zero-order chi connectivity index (χ0) is 20.5. The van der Waals surface area contributed by atoms with Gasteiger partial charge < -0.3 is 9.64 Å². The Morgan fingerprint density at radius 2 is 1.93 bits per heavy atom. The number of hydrogen-bond acceptors (Lipinski definition) is 4.